The van der Waals surface area contributed by atoms with E-state index in [4.69, 9.17) is 11.6 Å². The number of carbonyl (C=O) groups excluding carboxylic acids is 1. The smallest absolute Gasteiger partial charge is 0.241 e. The molecule has 116 valence electrons. The van der Waals surface area contributed by atoms with Crippen LogP contribution in [0.15, 0.2) is 48.5 Å². The summed E-state index contributed by atoms with van der Waals surface area (Å²) in [6, 6.07) is 12.7. The van der Waals surface area contributed by atoms with E-state index in [-0.39, 0.29) is 17.8 Å². The van der Waals surface area contributed by atoms with Crippen LogP contribution < -0.4 is 10.6 Å². The average Bonchev–Trinajstić information content (AvgIpc) is 2.49. The highest BCUT2D eigenvalue weighted by Crippen LogP contribution is 2.18. The fourth-order valence-corrected chi connectivity index (χ4v) is 2.31. The van der Waals surface area contributed by atoms with Crippen LogP contribution in [0, 0.1) is 5.82 Å². The van der Waals surface area contributed by atoms with E-state index < -0.39 is 6.04 Å². The maximum absolute atomic E-state index is 12.8. The highest BCUT2D eigenvalue weighted by atomic mass is 35.5. The van der Waals surface area contributed by atoms with Crippen LogP contribution in [0.4, 0.5) is 10.1 Å². The molecule has 2 aromatic carbocycles. The number of amides is 1. The third-order valence-electron chi connectivity index (χ3n) is 3.35. The van der Waals surface area contributed by atoms with Gasteiger partial charge in [-0.3, -0.25) is 10.1 Å². The van der Waals surface area contributed by atoms with Crippen LogP contribution in [-0.2, 0) is 4.79 Å². The van der Waals surface area contributed by atoms with Gasteiger partial charge in [-0.05, 0) is 55.8 Å². The second-order valence-electron chi connectivity index (χ2n) is 5.16. The van der Waals surface area contributed by atoms with Gasteiger partial charge in [0.25, 0.3) is 0 Å². The van der Waals surface area contributed by atoms with Gasteiger partial charge in [0.2, 0.25) is 5.91 Å². The molecule has 0 fully saturated rings. The third kappa shape index (κ3) is 4.55. The van der Waals surface area contributed by atoms with Crippen LogP contribution >= 0.6 is 11.6 Å². The van der Waals surface area contributed by atoms with E-state index in [1.54, 1.807) is 6.92 Å². The number of anilines is 1. The van der Waals surface area contributed by atoms with Gasteiger partial charge in [-0.25, -0.2) is 4.39 Å². The molecule has 0 radical (unpaired) electrons. The van der Waals surface area contributed by atoms with E-state index in [0.717, 1.165) is 5.56 Å². The zero-order valence-corrected chi connectivity index (χ0v) is 13.2. The Balaban J connectivity index is 1.94. The Morgan fingerprint density at radius 1 is 1.14 bits per heavy atom. The van der Waals surface area contributed by atoms with Gasteiger partial charge in [-0.2, -0.15) is 0 Å². The molecule has 0 aliphatic rings. The first-order valence-electron chi connectivity index (χ1n) is 7.03. The zero-order chi connectivity index (χ0) is 16.1. The number of halogens is 2. The molecule has 2 rings (SSSR count). The molecule has 0 aliphatic carbocycles. The standard InChI is InChI=1S/C17H18ClFN2O/c1-11(13-4-3-5-14(18)10-13)20-12(2)17(22)21-16-8-6-15(19)7-9-16/h3-12,20H,1-2H3,(H,21,22)/t11-,12+/m1/s1. The number of hydrogen-bond acceptors (Lipinski definition) is 2. The molecule has 2 atom stereocenters. The van der Waals surface area contributed by atoms with Crippen molar-refractivity contribution >= 4 is 23.2 Å². The Morgan fingerprint density at radius 2 is 1.82 bits per heavy atom. The van der Waals surface area contributed by atoms with Gasteiger partial charge in [-0.1, -0.05) is 23.7 Å². The summed E-state index contributed by atoms with van der Waals surface area (Å²) in [5.41, 5.74) is 1.57. The maximum atomic E-state index is 12.8. The van der Waals surface area contributed by atoms with Crippen molar-refractivity contribution in [1.82, 2.24) is 5.32 Å². The quantitative estimate of drug-likeness (QED) is 0.868. The van der Waals surface area contributed by atoms with Crippen molar-refractivity contribution in [3.8, 4) is 0 Å². The van der Waals surface area contributed by atoms with E-state index in [1.807, 2.05) is 31.2 Å². The van der Waals surface area contributed by atoms with Gasteiger partial charge in [0.15, 0.2) is 0 Å². The van der Waals surface area contributed by atoms with E-state index in [0.29, 0.717) is 10.7 Å². The van der Waals surface area contributed by atoms with E-state index in [9.17, 15) is 9.18 Å². The lowest BCUT2D eigenvalue weighted by atomic mass is 10.1. The van der Waals surface area contributed by atoms with Crippen LogP contribution in [0.2, 0.25) is 5.02 Å². The fraction of sp³-hybridized carbons (Fsp3) is 0.235. The molecule has 0 bridgehead atoms. The lowest BCUT2D eigenvalue weighted by Crippen LogP contribution is -2.39. The molecule has 3 nitrogen and oxygen atoms in total. The van der Waals surface area contributed by atoms with E-state index >= 15 is 0 Å². The summed E-state index contributed by atoms with van der Waals surface area (Å²) in [6.07, 6.45) is 0. The van der Waals surface area contributed by atoms with Crippen molar-refractivity contribution in [3.63, 3.8) is 0 Å². The predicted molar refractivity (Wildman–Crippen MR) is 87.5 cm³/mol. The molecule has 2 N–H and O–H groups in total. The maximum Gasteiger partial charge on any atom is 0.241 e. The van der Waals surface area contributed by atoms with Gasteiger partial charge in [-0.15, -0.1) is 0 Å². The Hall–Kier alpha value is -1.91. The Labute approximate surface area is 134 Å². The number of rotatable bonds is 5. The summed E-state index contributed by atoms with van der Waals surface area (Å²) in [6.45, 7) is 3.74. The molecule has 0 heterocycles. The zero-order valence-electron chi connectivity index (χ0n) is 12.4. The van der Waals surface area contributed by atoms with Crippen LogP contribution in [0.5, 0.6) is 0 Å². The summed E-state index contributed by atoms with van der Waals surface area (Å²) in [5, 5.41) is 6.61. The van der Waals surface area contributed by atoms with Crippen LogP contribution in [0.1, 0.15) is 25.5 Å². The van der Waals surface area contributed by atoms with Crippen molar-refractivity contribution < 1.29 is 9.18 Å². The molecule has 0 aliphatic heterocycles. The molecule has 0 aromatic heterocycles. The van der Waals surface area contributed by atoms with Crippen LogP contribution in [0.3, 0.4) is 0 Å². The molecule has 2 aromatic rings. The minimum absolute atomic E-state index is 0.0207. The van der Waals surface area contributed by atoms with Gasteiger partial charge in [0.1, 0.15) is 5.82 Å². The highest BCUT2D eigenvalue weighted by molar-refractivity contribution is 6.30. The molecular formula is C17H18ClFN2O. The van der Waals surface area contributed by atoms with Crippen LogP contribution in [0.25, 0.3) is 0 Å². The molecule has 22 heavy (non-hydrogen) atoms. The molecule has 0 saturated carbocycles. The normalized spacial score (nSPS) is 13.5. The Morgan fingerprint density at radius 3 is 2.45 bits per heavy atom. The number of benzene rings is 2. The lowest BCUT2D eigenvalue weighted by Gasteiger charge is -2.20. The summed E-state index contributed by atoms with van der Waals surface area (Å²) in [7, 11) is 0. The summed E-state index contributed by atoms with van der Waals surface area (Å²) >= 11 is 5.97. The second-order valence-corrected chi connectivity index (χ2v) is 5.60. The van der Waals surface area contributed by atoms with Gasteiger partial charge in [0, 0.05) is 16.8 Å². The lowest BCUT2D eigenvalue weighted by molar-refractivity contribution is -0.117. The first-order chi connectivity index (χ1) is 10.5. The first-order valence-corrected chi connectivity index (χ1v) is 7.41. The molecule has 1 amide bonds. The largest absolute Gasteiger partial charge is 0.325 e. The first kappa shape index (κ1) is 16.5. The molecule has 5 heteroatoms. The van der Waals surface area contributed by atoms with Gasteiger partial charge < -0.3 is 5.32 Å². The Bertz CT molecular complexity index is 645. The minimum atomic E-state index is -0.404. The van der Waals surface area contributed by atoms with Crippen molar-refractivity contribution in [2.24, 2.45) is 0 Å². The summed E-state index contributed by atoms with van der Waals surface area (Å²) in [5.74, 6) is -0.515. The summed E-state index contributed by atoms with van der Waals surface area (Å²) < 4.78 is 12.8. The van der Waals surface area contributed by atoms with E-state index in [2.05, 4.69) is 10.6 Å². The van der Waals surface area contributed by atoms with E-state index in [1.165, 1.54) is 24.3 Å². The summed E-state index contributed by atoms with van der Waals surface area (Å²) in [4.78, 5) is 12.1. The number of hydrogen-bond donors (Lipinski definition) is 2. The molecular weight excluding hydrogens is 303 g/mol. The molecule has 0 spiro atoms. The fourth-order valence-electron chi connectivity index (χ4n) is 2.11. The molecule has 0 saturated heterocycles. The second kappa shape index (κ2) is 7.38. The monoisotopic (exact) mass is 320 g/mol. The van der Waals surface area contributed by atoms with Crippen LogP contribution in [-0.4, -0.2) is 11.9 Å². The topological polar surface area (TPSA) is 41.1 Å². The highest BCUT2D eigenvalue weighted by Gasteiger charge is 2.16. The van der Waals surface area contributed by atoms with Gasteiger partial charge in [0.05, 0.1) is 6.04 Å². The minimum Gasteiger partial charge on any atom is -0.325 e. The van der Waals surface area contributed by atoms with Crippen molar-refractivity contribution in [1.29, 1.82) is 0 Å². The van der Waals surface area contributed by atoms with Gasteiger partial charge >= 0.3 is 0 Å². The average molecular weight is 321 g/mol. The van der Waals surface area contributed by atoms with Crippen molar-refractivity contribution in [2.75, 3.05) is 5.32 Å². The third-order valence-corrected chi connectivity index (χ3v) is 3.59. The predicted octanol–water partition coefficient (Wildman–Crippen LogP) is 4.16. The number of nitrogens with one attached hydrogen (secondary N) is 2. The molecule has 0 unspecified atom stereocenters. The van der Waals surface area contributed by atoms with Crippen molar-refractivity contribution in [2.45, 2.75) is 25.9 Å². The number of carbonyl (C=O) groups is 1. The Kier molecular flexibility index (Phi) is 5.52. The van der Waals surface area contributed by atoms with Crippen molar-refractivity contribution in [3.05, 3.63) is 64.9 Å². The SMILES string of the molecule is C[C@H](N[C@H](C)c1cccc(Cl)c1)C(=O)Nc1ccc(F)cc1.